The van der Waals surface area contributed by atoms with Crippen LogP contribution in [-0.2, 0) is 17.1 Å². The molecule has 2 heterocycles. The van der Waals surface area contributed by atoms with E-state index in [4.69, 9.17) is 9.73 Å². The van der Waals surface area contributed by atoms with E-state index in [2.05, 4.69) is 17.0 Å². The maximum Gasteiger partial charge on any atom is 0.242 e. The third-order valence-corrected chi connectivity index (χ3v) is 6.90. The smallest absolute Gasteiger partial charge is 0.242 e. The van der Waals surface area contributed by atoms with Gasteiger partial charge in [-0.2, -0.15) is 9.40 Å². The number of likely N-dealkylation sites (N-methyl/N-ethyl adjacent to an activating group) is 2. The van der Waals surface area contributed by atoms with Crippen LogP contribution in [0.5, 0.6) is 5.75 Å². The fourth-order valence-corrected chi connectivity index (χ4v) is 4.55. The van der Waals surface area contributed by atoms with E-state index < -0.39 is 10.0 Å². The minimum absolute atomic E-state index is 0.177. The van der Waals surface area contributed by atoms with E-state index in [1.807, 2.05) is 39.9 Å². The SMILES string of the molecule is C=C1NC(c2cc(S(=O)(=O)N(C)CCN(C)C)ccc2OCC)=Nc2c(C)nn(C)c21. The minimum atomic E-state index is -3.68. The summed E-state index contributed by atoms with van der Waals surface area (Å²) in [6, 6.07) is 4.83. The fourth-order valence-electron chi connectivity index (χ4n) is 3.37. The largest absolute Gasteiger partial charge is 0.493 e. The normalized spacial score (nSPS) is 13.9. The van der Waals surface area contributed by atoms with Crippen LogP contribution in [-0.4, -0.2) is 74.1 Å². The molecule has 10 heteroatoms. The Kier molecular flexibility index (Phi) is 6.54. The van der Waals surface area contributed by atoms with Gasteiger partial charge in [0.05, 0.1) is 28.5 Å². The first-order valence-electron chi connectivity index (χ1n) is 10.0. The third kappa shape index (κ3) is 4.51. The Balaban J connectivity index is 2.08. The summed E-state index contributed by atoms with van der Waals surface area (Å²) >= 11 is 0. The van der Waals surface area contributed by atoms with Crippen LogP contribution in [0.4, 0.5) is 5.69 Å². The maximum atomic E-state index is 13.1. The lowest BCUT2D eigenvalue weighted by molar-refractivity contribution is 0.339. The van der Waals surface area contributed by atoms with Crippen LogP contribution in [0.3, 0.4) is 0 Å². The van der Waals surface area contributed by atoms with Crippen LogP contribution in [0.15, 0.2) is 34.7 Å². The minimum Gasteiger partial charge on any atom is -0.493 e. The zero-order valence-corrected chi connectivity index (χ0v) is 19.7. The molecule has 9 nitrogen and oxygen atoms in total. The number of benzene rings is 1. The fraction of sp³-hybridized carbons (Fsp3) is 0.429. The summed E-state index contributed by atoms with van der Waals surface area (Å²) in [5.41, 5.74) is 3.47. The van der Waals surface area contributed by atoms with E-state index in [9.17, 15) is 8.42 Å². The Bertz CT molecular complexity index is 1130. The number of hydrogen-bond donors (Lipinski definition) is 1. The first kappa shape index (κ1) is 23.0. The molecule has 0 amide bonds. The molecule has 0 saturated heterocycles. The highest BCUT2D eigenvalue weighted by Crippen LogP contribution is 2.34. The third-order valence-electron chi connectivity index (χ3n) is 5.05. The Morgan fingerprint density at radius 1 is 1.23 bits per heavy atom. The Morgan fingerprint density at radius 3 is 2.58 bits per heavy atom. The molecule has 0 fully saturated rings. The molecule has 0 spiro atoms. The predicted octanol–water partition coefficient (Wildman–Crippen LogP) is 1.96. The van der Waals surface area contributed by atoms with Crippen LogP contribution in [0, 0.1) is 6.92 Å². The summed E-state index contributed by atoms with van der Waals surface area (Å²) in [6.45, 7) is 9.29. The lowest BCUT2D eigenvalue weighted by atomic mass is 10.1. The molecule has 0 radical (unpaired) electrons. The van der Waals surface area contributed by atoms with Crippen LogP contribution in [0.1, 0.15) is 23.9 Å². The highest BCUT2D eigenvalue weighted by atomic mass is 32.2. The van der Waals surface area contributed by atoms with Crippen molar-refractivity contribution in [2.24, 2.45) is 12.0 Å². The molecule has 0 aliphatic carbocycles. The Morgan fingerprint density at radius 2 is 1.94 bits per heavy atom. The van der Waals surface area contributed by atoms with Gasteiger partial charge in [-0.05, 0) is 46.1 Å². The number of aromatic nitrogens is 2. The molecular formula is C21H30N6O3S. The van der Waals surface area contributed by atoms with Crippen molar-refractivity contribution in [2.75, 3.05) is 40.8 Å². The van der Waals surface area contributed by atoms with Gasteiger partial charge < -0.3 is 15.0 Å². The molecule has 168 valence electrons. The van der Waals surface area contributed by atoms with E-state index in [-0.39, 0.29) is 4.90 Å². The lowest BCUT2D eigenvalue weighted by Crippen LogP contribution is -2.34. The van der Waals surface area contributed by atoms with Crippen molar-refractivity contribution in [3.8, 4) is 5.75 Å². The number of aliphatic imine (C=N–C) groups is 1. The molecule has 3 rings (SSSR count). The number of nitrogens with one attached hydrogen (secondary N) is 1. The van der Waals surface area contributed by atoms with Gasteiger partial charge in [-0.25, -0.2) is 13.4 Å². The number of sulfonamides is 1. The lowest BCUT2D eigenvalue weighted by Gasteiger charge is -2.22. The average Bonchev–Trinajstić information content (AvgIpc) is 3.00. The number of ether oxygens (including phenoxy) is 1. The average molecular weight is 447 g/mol. The van der Waals surface area contributed by atoms with Crippen molar-refractivity contribution in [3.63, 3.8) is 0 Å². The van der Waals surface area contributed by atoms with Gasteiger partial charge in [-0.15, -0.1) is 0 Å². The van der Waals surface area contributed by atoms with E-state index >= 15 is 0 Å². The van der Waals surface area contributed by atoms with Gasteiger partial charge in [0.25, 0.3) is 0 Å². The highest BCUT2D eigenvalue weighted by Gasteiger charge is 2.27. The van der Waals surface area contributed by atoms with Crippen LogP contribution in [0.25, 0.3) is 5.70 Å². The van der Waals surface area contributed by atoms with Crippen LogP contribution in [0.2, 0.25) is 0 Å². The molecule has 1 aliphatic rings. The van der Waals surface area contributed by atoms with E-state index in [1.165, 1.54) is 4.31 Å². The molecule has 1 aromatic heterocycles. The second-order valence-corrected chi connectivity index (χ2v) is 9.74. The number of rotatable bonds is 8. The van der Waals surface area contributed by atoms with Crippen molar-refractivity contribution in [1.29, 1.82) is 0 Å². The van der Waals surface area contributed by atoms with E-state index in [0.717, 1.165) is 11.4 Å². The summed E-state index contributed by atoms with van der Waals surface area (Å²) in [5, 5.41) is 7.60. The topological polar surface area (TPSA) is 92.1 Å². The van der Waals surface area contributed by atoms with Gasteiger partial charge >= 0.3 is 0 Å². The van der Waals surface area contributed by atoms with Gasteiger partial charge in [-0.1, -0.05) is 6.58 Å². The summed E-state index contributed by atoms with van der Waals surface area (Å²) < 4.78 is 35.1. The van der Waals surface area contributed by atoms with E-state index in [0.29, 0.717) is 48.2 Å². The molecule has 31 heavy (non-hydrogen) atoms. The van der Waals surface area contributed by atoms with Gasteiger partial charge in [0.15, 0.2) is 0 Å². The number of nitrogens with zero attached hydrogens (tertiary/aromatic N) is 5. The number of aryl methyl sites for hydroxylation is 2. The van der Waals surface area contributed by atoms with Crippen molar-refractivity contribution >= 4 is 27.2 Å². The van der Waals surface area contributed by atoms with Crippen molar-refractivity contribution in [2.45, 2.75) is 18.7 Å². The van der Waals surface area contributed by atoms with Gasteiger partial charge in [0, 0.05) is 27.2 Å². The highest BCUT2D eigenvalue weighted by molar-refractivity contribution is 7.89. The quantitative estimate of drug-likeness (QED) is 0.667. The first-order chi connectivity index (χ1) is 14.6. The molecule has 0 bridgehead atoms. The van der Waals surface area contributed by atoms with Gasteiger partial charge in [0.2, 0.25) is 10.0 Å². The summed E-state index contributed by atoms with van der Waals surface area (Å²) in [4.78, 5) is 6.84. The van der Waals surface area contributed by atoms with Crippen LogP contribution >= 0.6 is 0 Å². The second kappa shape index (κ2) is 8.81. The number of fused-ring (bicyclic) bond motifs is 1. The van der Waals surface area contributed by atoms with E-state index in [1.54, 1.807) is 29.9 Å². The monoisotopic (exact) mass is 446 g/mol. The predicted molar refractivity (Wildman–Crippen MR) is 122 cm³/mol. The second-order valence-electron chi connectivity index (χ2n) is 7.69. The maximum absolute atomic E-state index is 13.1. The standard InChI is InChI=1S/C21H30N6O3S/c1-8-30-18-10-9-16(31(28,29)26(6)12-11-25(4)5)13-17(18)21-22-15(3)20-19(23-21)14(2)24-27(20)7/h9-10,13H,3,8,11-12H2,1-2,4-7H3,(H,22,23). The number of hydrogen-bond acceptors (Lipinski definition) is 7. The summed E-state index contributed by atoms with van der Waals surface area (Å²) in [7, 11) is 3.55. The zero-order valence-electron chi connectivity index (χ0n) is 18.9. The molecule has 0 atom stereocenters. The van der Waals surface area contributed by atoms with Crippen LogP contribution < -0.4 is 10.1 Å². The molecule has 0 unspecified atom stereocenters. The van der Waals surface area contributed by atoms with Crippen molar-refractivity contribution in [1.82, 2.24) is 24.3 Å². The molecule has 2 aromatic rings. The summed E-state index contributed by atoms with van der Waals surface area (Å²) in [5.74, 6) is 1.02. The van der Waals surface area contributed by atoms with Gasteiger partial charge in [-0.3, -0.25) is 4.68 Å². The first-order valence-corrected chi connectivity index (χ1v) is 11.5. The Labute approximate surface area is 184 Å². The molecule has 1 N–H and O–H groups in total. The summed E-state index contributed by atoms with van der Waals surface area (Å²) in [6.07, 6.45) is 0. The van der Waals surface area contributed by atoms with Crippen molar-refractivity contribution in [3.05, 3.63) is 41.7 Å². The molecule has 1 aliphatic heterocycles. The molecular weight excluding hydrogens is 416 g/mol. The van der Waals surface area contributed by atoms with Gasteiger partial charge in [0.1, 0.15) is 23.0 Å². The van der Waals surface area contributed by atoms with Crippen molar-refractivity contribution < 1.29 is 13.2 Å². The molecule has 0 saturated carbocycles. The Hall–Kier alpha value is -2.69. The molecule has 1 aromatic carbocycles. The number of amidine groups is 1. The zero-order chi connectivity index (χ0) is 22.9.